The zero-order chi connectivity index (χ0) is 12.6. The second-order valence-corrected chi connectivity index (χ2v) is 6.06. The first kappa shape index (κ1) is 12.2. The SMILES string of the molecule is CNc1nc2c(s1)CN(C(=O)OC(C)(C)C)C2. The lowest BCUT2D eigenvalue weighted by molar-refractivity contribution is 0.0241. The summed E-state index contributed by atoms with van der Waals surface area (Å²) in [4.78, 5) is 19.1. The molecule has 1 amide bonds. The summed E-state index contributed by atoms with van der Waals surface area (Å²) >= 11 is 1.59. The Morgan fingerprint density at radius 3 is 2.71 bits per heavy atom. The van der Waals surface area contributed by atoms with E-state index in [1.165, 1.54) is 0 Å². The fourth-order valence-electron chi connectivity index (χ4n) is 1.60. The molecule has 1 aliphatic heterocycles. The number of aromatic nitrogens is 1. The molecule has 0 atom stereocenters. The molecular weight excluding hydrogens is 238 g/mol. The summed E-state index contributed by atoms with van der Waals surface area (Å²) in [6, 6.07) is 0. The number of nitrogens with zero attached hydrogens (tertiary/aromatic N) is 2. The maximum atomic E-state index is 11.8. The average molecular weight is 255 g/mol. The summed E-state index contributed by atoms with van der Waals surface area (Å²) in [7, 11) is 1.85. The molecule has 0 bridgehead atoms. The van der Waals surface area contributed by atoms with Crippen molar-refractivity contribution < 1.29 is 9.53 Å². The van der Waals surface area contributed by atoms with E-state index in [2.05, 4.69) is 10.3 Å². The Kier molecular flexibility index (Phi) is 2.99. The molecule has 2 heterocycles. The fourth-order valence-corrected chi connectivity index (χ4v) is 2.54. The normalized spacial score (nSPS) is 14.7. The van der Waals surface area contributed by atoms with Gasteiger partial charge in [-0.2, -0.15) is 0 Å². The Hall–Kier alpha value is -1.30. The Morgan fingerprint density at radius 1 is 1.47 bits per heavy atom. The van der Waals surface area contributed by atoms with Crippen LogP contribution in [0.15, 0.2) is 0 Å². The van der Waals surface area contributed by atoms with Gasteiger partial charge in [0.2, 0.25) is 0 Å². The lowest BCUT2D eigenvalue weighted by Crippen LogP contribution is -2.33. The number of fused-ring (bicyclic) bond motifs is 1. The van der Waals surface area contributed by atoms with Crippen molar-refractivity contribution in [3.05, 3.63) is 10.6 Å². The van der Waals surface area contributed by atoms with Crippen LogP contribution < -0.4 is 5.32 Å². The number of anilines is 1. The van der Waals surface area contributed by atoms with Crippen molar-refractivity contribution in [1.29, 1.82) is 0 Å². The number of nitrogens with one attached hydrogen (secondary N) is 1. The van der Waals surface area contributed by atoms with Gasteiger partial charge < -0.3 is 10.1 Å². The third-order valence-corrected chi connectivity index (χ3v) is 3.42. The van der Waals surface area contributed by atoms with E-state index in [9.17, 15) is 4.79 Å². The molecule has 0 saturated heterocycles. The topological polar surface area (TPSA) is 54.5 Å². The van der Waals surface area contributed by atoms with Crippen molar-refractivity contribution >= 4 is 22.6 Å². The van der Waals surface area contributed by atoms with Gasteiger partial charge in [-0.3, -0.25) is 4.90 Å². The first-order valence-corrected chi connectivity index (χ1v) is 6.35. The zero-order valence-electron chi connectivity index (χ0n) is 10.5. The Bertz CT molecular complexity index is 413. The molecule has 0 unspecified atom stereocenters. The van der Waals surface area contributed by atoms with Gasteiger partial charge in [-0.15, -0.1) is 0 Å². The summed E-state index contributed by atoms with van der Waals surface area (Å²) in [5.41, 5.74) is 0.529. The van der Waals surface area contributed by atoms with Crippen molar-refractivity contribution in [3.63, 3.8) is 0 Å². The van der Waals surface area contributed by atoms with Crippen molar-refractivity contribution in [2.45, 2.75) is 39.5 Å². The first-order valence-electron chi connectivity index (χ1n) is 5.53. The van der Waals surface area contributed by atoms with Crippen LogP contribution in [0.1, 0.15) is 31.3 Å². The number of carbonyl (C=O) groups is 1. The summed E-state index contributed by atoms with van der Waals surface area (Å²) in [6.45, 7) is 6.75. The predicted molar refractivity (Wildman–Crippen MR) is 67.1 cm³/mol. The van der Waals surface area contributed by atoms with Gasteiger partial charge in [0.15, 0.2) is 5.13 Å². The van der Waals surface area contributed by atoms with Gasteiger partial charge in [0.1, 0.15) is 5.60 Å². The lowest BCUT2D eigenvalue weighted by Gasteiger charge is -2.24. The van der Waals surface area contributed by atoms with E-state index in [1.54, 1.807) is 16.2 Å². The number of carbonyl (C=O) groups excluding carboxylic acids is 1. The molecular formula is C11H17N3O2S. The van der Waals surface area contributed by atoms with Gasteiger partial charge in [-0.1, -0.05) is 11.3 Å². The fraction of sp³-hybridized carbons (Fsp3) is 0.636. The third kappa shape index (κ3) is 2.69. The molecule has 0 aliphatic carbocycles. The predicted octanol–water partition coefficient (Wildman–Crippen LogP) is 2.44. The molecule has 0 saturated carbocycles. The highest BCUT2D eigenvalue weighted by Gasteiger charge is 2.30. The smallest absolute Gasteiger partial charge is 0.410 e. The van der Waals surface area contributed by atoms with Crippen LogP contribution in [-0.4, -0.2) is 28.6 Å². The Morgan fingerprint density at radius 2 is 2.18 bits per heavy atom. The van der Waals surface area contributed by atoms with Crippen molar-refractivity contribution in [2.75, 3.05) is 12.4 Å². The highest BCUT2D eigenvalue weighted by atomic mass is 32.1. The van der Waals surface area contributed by atoms with E-state index in [0.717, 1.165) is 15.7 Å². The number of thiazole rings is 1. The maximum absolute atomic E-state index is 11.8. The molecule has 0 radical (unpaired) electrons. The van der Waals surface area contributed by atoms with Crippen LogP contribution in [0.25, 0.3) is 0 Å². The molecule has 1 aliphatic rings. The van der Waals surface area contributed by atoms with Crippen LogP contribution in [0.5, 0.6) is 0 Å². The minimum Gasteiger partial charge on any atom is -0.444 e. The van der Waals surface area contributed by atoms with Gasteiger partial charge in [0.25, 0.3) is 0 Å². The standard InChI is InChI=1S/C11H17N3O2S/c1-11(2,3)16-10(15)14-5-7-8(6-14)17-9(12-4)13-7/h5-6H2,1-4H3,(H,12,13). The molecule has 94 valence electrons. The molecule has 2 rings (SSSR count). The van der Waals surface area contributed by atoms with Crippen LogP contribution in [0, 0.1) is 0 Å². The molecule has 1 aromatic rings. The minimum atomic E-state index is -0.448. The van der Waals surface area contributed by atoms with Gasteiger partial charge >= 0.3 is 6.09 Å². The van der Waals surface area contributed by atoms with Crippen molar-refractivity contribution in [1.82, 2.24) is 9.88 Å². The summed E-state index contributed by atoms with van der Waals surface area (Å²) in [6.07, 6.45) is -0.270. The van der Waals surface area contributed by atoms with Crippen LogP contribution in [0.3, 0.4) is 0 Å². The van der Waals surface area contributed by atoms with Crippen molar-refractivity contribution in [3.8, 4) is 0 Å². The number of ether oxygens (including phenoxy) is 1. The monoisotopic (exact) mass is 255 g/mol. The largest absolute Gasteiger partial charge is 0.444 e. The van der Waals surface area contributed by atoms with Crippen LogP contribution in [-0.2, 0) is 17.8 Å². The molecule has 1 aromatic heterocycles. The second-order valence-electron chi connectivity index (χ2n) is 4.98. The molecule has 17 heavy (non-hydrogen) atoms. The Labute approximate surface area is 105 Å². The van der Waals surface area contributed by atoms with Gasteiger partial charge in [0, 0.05) is 7.05 Å². The van der Waals surface area contributed by atoms with Gasteiger partial charge in [0.05, 0.1) is 23.7 Å². The highest BCUT2D eigenvalue weighted by molar-refractivity contribution is 7.15. The molecule has 5 nitrogen and oxygen atoms in total. The van der Waals surface area contributed by atoms with E-state index in [-0.39, 0.29) is 6.09 Å². The molecule has 0 spiro atoms. The maximum Gasteiger partial charge on any atom is 0.410 e. The molecule has 0 aromatic carbocycles. The van der Waals surface area contributed by atoms with Crippen LogP contribution >= 0.6 is 11.3 Å². The third-order valence-electron chi connectivity index (χ3n) is 2.32. The molecule has 1 N–H and O–H groups in total. The average Bonchev–Trinajstić information content (AvgIpc) is 2.70. The summed E-state index contributed by atoms with van der Waals surface area (Å²) < 4.78 is 5.33. The minimum absolute atomic E-state index is 0.270. The Balaban J connectivity index is 2.00. The van der Waals surface area contributed by atoms with Gasteiger partial charge in [-0.05, 0) is 20.8 Å². The number of hydrogen-bond acceptors (Lipinski definition) is 5. The second kappa shape index (κ2) is 4.18. The lowest BCUT2D eigenvalue weighted by atomic mass is 10.2. The number of hydrogen-bond donors (Lipinski definition) is 1. The van der Waals surface area contributed by atoms with Crippen LogP contribution in [0.4, 0.5) is 9.93 Å². The van der Waals surface area contributed by atoms with Gasteiger partial charge in [-0.25, -0.2) is 9.78 Å². The number of amides is 1. The van der Waals surface area contributed by atoms with E-state index < -0.39 is 5.60 Å². The highest BCUT2D eigenvalue weighted by Crippen LogP contribution is 2.31. The van der Waals surface area contributed by atoms with E-state index in [0.29, 0.717) is 13.1 Å². The quantitative estimate of drug-likeness (QED) is 0.837. The molecule has 0 fully saturated rings. The van der Waals surface area contributed by atoms with E-state index in [1.807, 2.05) is 27.8 Å². The summed E-state index contributed by atoms with van der Waals surface area (Å²) in [5.74, 6) is 0. The zero-order valence-corrected chi connectivity index (χ0v) is 11.3. The van der Waals surface area contributed by atoms with Crippen LogP contribution in [0.2, 0.25) is 0 Å². The molecule has 6 heteroatoms. The first-order chi connectivity index (χ1) is 7.89. The summed E-state index contributed by atoms with van der Waals surface area (Å²) in [5, 5.41) is 3.91. The van der Waals surface area contributed by atoms with E-state index >= 15 is 0 Å². The number of rotatable bonds is 1. The van der Waals surface area contributed by atoms with E-state index in [4.69, 9.17) is 4.74 Å². The van der Waals surface area contributed by atoms with Crippen molar-refractivity contribution in [2.24, 2.45) is 0 Å².